The van der Waals surface area contributed by atoms with Crippen molar-refractivity contribution < 1.29 is 28.9 Å². The maximum Gasteiger partial charge on any atom is 0.407 e. The summed E-state index contributed by atoms with van der Waals surface area (Å²) in [5.41, 5.74) is 6.14. The summed E-state index contributed by atoms with van der Waals surface area (Å²) in [6, 6.07) is 18.6. The molecule has 2 aliphatic rings. The van der Waals surface area contributed by atoms with Crippen LogP contribution in [0.4, 0.5) is 4.79 Å². The van der Waals surface area contributed by atoms with Crippen molar-refractivity contribution in [2.75, 3.05) is 13.2 Å². The van der Waals surface area contributed by atoms with Crippen LogP contribution < -0.4 is 14.8 Å². The number of fused-ring (bicyclic) bond motifs is 4. The number of carbonyl (C=O) groups excluding carboxylic acids is 1. The van der Waals surface area contributed by atoms with E-state index in [9.17, 15) is 14.7 Å². The molecule has 0 aromatic heterocycles. The van der Waals surface area contributed by atoms with Gasteiger partial charge in [-0.3, -0.25) is 0 Å². The number of hydrogen-bond acceptors (Lipinski definition) is 5. The van der Waals surface area contributed by atoms with Gasteiger partial charge in [-0.25, -0.2) is 9.59 Å². The Bertz CT molecular complexity index is 1260. The van der Waals surface area contributed by atoms with E-state index >= 15 is 0 Å². The van der Waals surface area contributed by atoms with Gasteiger partial charge in [0.15, 0.2) is 0 Å². The number of carbonyl (C=O) groups is 2. The molecule has 186 valence electrons. The number of carboxylic acids is 1. The molecule has 0 radical (unpaired) electrons. The zero-order valence-electron chi connectivity index (χ0n) is 20.3. The minimum Gasteiger partial charge on any atom is -0.494 e. The van der Waals surface area contributed by atoms with E-state index in [1.165, 1.54) is 0 Å². The Labute approximate surface area is 210 Å². The molecule has 2 unspecified atom stereocenters. The lowest BCUT2D eigenvalue weighted by molar-refractivity contribution is -0.139. The molecule has 3 aromatic carbocycles. The van der Waals surface area contributed by atoms with Crippen LogP contribution in [-0.4, -0.2) is 42.5 Å². The molecule has 3 aromatic rings. The summed E-state index contributed by atoms with van der Waals surface area (Å²) in [5, 5.41) is 12.4. The van der Waals surface area contributed by atoms with E-state index in [0.29, 0.717) is 17.9 Å². The van der Waals surface area contributed by atoms with Gasteiger partial charge in [0, 0.05) is 29.9 Å². The lowest BCUT2D eigenvalue weighted by atomic mass is 9.98. The van der Waals surface area contributed by atoms with E-state index in [1.807, 2.05) is 62.4 Å². The summed E-state index contributed by atoms with van der Waals surface area (Å²) in [6.45, 7) is 4.42. The van der Waals surface area contributed by atoms with Crippen LogP contribution in [0, 0.1) is 0 Å². The fourth-order valence-electron chi connectivity index (χ4n) is 5.13. The van der Waals surface area contributed by atoms with Gasteiger partial charge in [0.2, 0.25) is 0 Å². The molecule has 2 N–H and O–H groups in total. The van der Waals surface area contributed by atoms with Crippen LogP contribution >= 0.6 is 0 Å². The van der Waals surface area contributed by atoms with Gasteiger partial charge >= 0.3 is 12.1 Å². The van der Waals surface area contributed by atoms with Crippen LogP contribution in [0.3, 0.4) is 0 Å². The first-order valence-corrected chi connectivity index (χ1v) is 12.2. The predicted molar refractivity (Wildman–Crippen MR) is 135 cm³/mol. The van der Waals surface area contributed by atoms with Crippen molar-refractivity contribution in [1.82, 2.24) is 5.32 Å². The largest absolute Gasteiger partial charge is 0.494 e. The maximum absolute atomic E-state index is 12.7. The number of nitrogens with one attached hydrogen (secondary N) is 1. The Morgan fingerprint density at radius 3 is 2.39 bits per heavy atom. The topological polar surface area (TPSA) is 94.1 Å². The van der Waals surface area contributed by atoms with E-state index in [-0.39, 0.29) is 25.0 Å². The van der Waals surface area contributed by atoms with Gasteiger partial charge in [0.1, 0.15) is 30.3 Å². The van der Waals surface area contributed by atoms with Gasteiger partial charge in [-0.05, 0) is 48.2 Å². The summed E-state index contributed by atoms with van der Waals surface area (Å²) in [5.74, 6) is 0.0772. The number of benzene rings is 3. The monoisotopic (exact) mass is 487 g/mol. The Kier molecular flexibility index (Phi) is 6.55. The van der Waals surface area contributed by atoms with Crippen LogP contribution in [0.2, 0.25) is 0 Å². The van der Waals surface area contributed by atoms with E-state index in [1.54, 1.807) is 0 Å². The smallest absolute Gasteiger partial charge is 0.407 e. The summed E-state index contributed by atoms with van der Waals surface area (Å²) in [4.78, 5) is 24.8. The third-order valence-corrected chi connectivity index (χ3v) is 6.74. The fraction of sp³-hybridized carbons (Fsp3) is 0.310. The minimum atomic E-state index is -1.18. The second kappa shape index (κ2) is 9.93. The van der Waals surface area contributed by atoms with Gasteiger partial charge in [-0.1, -0.05) is 48.5 Å². The van der Waals surface area contributed by atoms with E-state index < -0.39 is 18.1 Å². The minimum absolute atomic E-state index is 0.0416. The summed E-state index contributed by atoms with van der Waals surface area (Å²) >= 11 is 0. The standard InChI is InChI=1S/C29H29NO6/c1-3-34-26-14-18-12-17(2)36-27(18)15-19(26)13-25(28(31)32)30-29(33)35-16-24-22-10-6-4-8-20(22)21-9-5-7-11-23(21)24/h4-11,14-15,17,24-25H,3,12-13,16H2,1-2H3,(H,30,33)(H,31,32). The maximum atomic E-state index is 12.7. The van der Waals surface area contributed by atoms with Crippen molar-refractivity contribution in [3.8, 4) is 22.6 Å². The van der Waals surface area contributed by atoms with Crippen molar-refractivity contribution >= 4 is 12.1 Å². The van der Waals surface area contributed by atoms with Crippen LogP contribution in [0.1, 0.15) is 42.0 Å². The van der Waals surface area contributed by atoms with Crippen LogP contribution in [0.25, 0.3) is 11.1 Å². The Morgan fingerprint density at radius 2 is 1.75 bits per heavy atom. The third kappa shape index (κ3) is 4.61. The lowest BCUT2D eigenvalue weighted by Crippen LogP contribution is -2.43. The van der Waals surface area contributed by atoms with E-state index in [0.717, 1.165) is 40.0 Å². The first kappa shape index (κ1) is 23.7. The molecule has 5 rings (SSSR count). The molecule has 7 heteroatoms. The first-order valence-electron chi connectivity index (χ1n) is 12.2. The zero-order valence-corrected chi connectivity index (χ0v) is 20.3. The van der Waals surface area contributed by atoms with Gasteiger partial charge in [-0.2, -0.15) is 0 Å². The SMILES string of the molecule is CCOc1cc2c(cc1CC(NC(=O)OCC1c3ccccc3-c3ccccc31)C(=O)O)OC(C)C2. The van der Waals surface area contributed by atoms with Crippen LogP contribution in [0.5, 0.6) is 11.5 Å². The van der Waals surface area contributed by atoms with Crippen molar-refractivity contribution in [3.63, 3.8) is 0 Å². The molecule has 0 bridgehead atoms. The second-order valence-corrected chi connectivity index (χ2v) is 9.20. The van der Waals surface area contributed by atoms with E-state index in [4.69, 9.17) is 14.2 Å². The van der Waals surface area contributed by atoms with Gasteiger partial charge < -0.3 is 24.6 Å². The average molecular weight is 488 g/mol. The zero-order chi connectivity index (χ0) is 25.2. The highest BCUT2D eigenvalue weighted by molar-refractivity contribution is 5.81. The molecule has 0 fully saturated rings. The lowest BCUT2D eigenvalue weighted by Gasteiger charge is -2.19. The summed E-state index contributed by atoms with van der Waals surface area (Å²) < 4.78 is 17.2. The number of carboxylic acid groups (broad SMARTS) is 1. The van der Waals surface area contributed by atoms with Gasteiger partial charge in [0.05, 0.1) is 6.61 Å². The van der Waals surface area contributed by atoms with Crippen molar-refractivity contribution in [2.45, 2.75) is 44.8 Å². The molecular weight excluding hydrogens is 458 g/mol. The first-order chi connectivity index (χ1) is 17.4. The molecule has 7 nitrogen and oxygen atoms in total. The highest BCUT2D eigenvalue weighted by Gasteiger charge is 2.30. The predicted octanol–water partition coefficient (Wildman–Crippen LogP) is 4.94. The normalized spacial score (nSPS) is 16.3. The number of amides is 1. The van der Waals surface area contributed by atoms with Crippen LogP contribution in [0.15, 0.2) is 60.7 Å². The van der Waals surface area contributed by atoms with Gasteiger partial charge in [-0.15, -0.1) is 0 Å². The second-order valence-electron chi connectivity index (χ2n) is 9.20. The Morgan fingerprint density at radius 1 is 1.08 bits per heavy atom. The molecule has 1 amide bonds. The number of aliphatic carboxylic acids is 1. The Balaban J connectivity index is 1.29. The third-order valence-electron chi connectivity index (χ3n) is 6.74. The number of alkyl carbamates (subject to hydrolysis) is 1. The number of ether oxygens (including phenoxy) is 3. The molecule has 2 atom stereocenters. The highest BCUT2D eigenvalue weighted by atomic mass is 16.5. The number of rotatable bonds is 8. The highest BCUT2D eigenvalue weighted by Crippen LogP contribution is 2.44. The Hall–Kier alpha value is -4.00. The van der Waals surface area contributed by atoms with Crippen molar-refractivity contribution in [3.05, 3.63) is 82.9 Å². The number of hydrogen-bond donors (Lipinski definition) is 2. The molecule has 1 heterocycles. The average Bonchev–Trinajstić information content (AvgIpc) is 3.38. The van der Waals surface area contributed by atoms with Gasteiger partial charge in [0.25, 0.3) is 0 Å². The quantitative estimate of drug-likeness (QED) is 0.467. The van der Waals surface area contributed by atoms with Crippen LogP contribution in [-0.2, 0) is 22.4 Å². The molecule has 0 saturated carbocycles. The fourth-order valence-corrected chi connectivity index (χ4v) is 5.13. The molecule has 0 spiro atoms. The molecule has 1 aliphatic carbocycles. The molecular formula is C29H29NO6. The van der Waals surface area contributed by atoms with E-state index in [2.05, 4.69) is 17.4 Å². The van der Waals surface area contributed by atoms with Crippen molar-refractivity contribution in [2.24, 2.45) is 0 Å². The van der Waals surface area contributed by atoms with Crippen molar-refractivity contribution in [1.29, 1.82) is 0 Å². The molecule has 0 saturated heterocycles. The summed E-state index contributed by atoms with van der Waals surface area (Å²) in [7, 11) is 0. The summed E-state index contributed by atoms with van der Waals surface area (Å²) in [6.07, 6.45) is 0.0999. The molecule has 1 aliphatic heterocycles. The molecule has 36 heavy (non-hydrogen) atoms.